The van der Waals surface area contributed by atoms with Crippen LogP contribution in [-0.4, -0.2) is 33.7 Å². The van der Waals surface area contributed by atoms with E-state index in [1.165, 1.54) is 0 Å². The number of carbonyl (C=O) groups excluding carboxylic acids is 1. The molecule has 4 nitrogen and oxygen atoms in total. The van der Waals surface area contributed by atoms with Crippen LogP contribution in [0.25, 0.3) is 10.2 Å². The third-order valence-corrected chi connectivity index (χ3v) is 4.49. The highest BCUT2D eigenvalue weighted by atomic mass is 32.1. The summed E-state index contributed by atoms with van der Waals surface area (Å²) in [7, 11) is 1.93. The predicted octanol–water partition coefficient (Wildman–Crippen LogP) is 2.18. The van der Waals surface area contributed by atoms with Gasteiger partial charge in [0, 0.05) is 25.5 Å². The molecule has 1 aliphatic rings. The van der Waals surface area contributed by atoms with E-state index in [1.54, 1.807) is 11.3 Å². The molecule has 0 unspecified atom stereocenters. The van der Waals surface area contributed by atoms with Gasteiger partial charge in [-0.2, -0.15) is 5.10 Å². The molecule has 0 aromatic carbocycles. The molecule has 1 fully saturated rings. The summed E-state index contributed by atoms with van der Waals surface area (Å²) in [6, 6.07) is 1.99. The predicted molar refractivity (Wildman–Crippen MR) is 68.5 cm³/mol. The van der Waals surface area contributed by atoms with Crippen molar-refractivity contribution in [3.63, 3.8) is 0 Å². The second-order valence-electron chi connectivity index (χ2n) is 4.54. The molecular weight excluding hydrogens is 234 g/mol. The van der Waals surface area contributed by atoms with Crippen LogP contribution in [0.1, 0.15) is 28.2 Å². The number of amides is 1. The molecule has 3 rings (SSSR count). The van der Waals surface area contributed by atoms with Gasteiger partial charge in [0.15, 0.2) is 0 Å². The zero-order chi connectivity index (χ0) is 12.0. The summed E-state index contributed by atoms with van der Waals surface area (Å²) in [5.41, 5.74) is 0.999. The van der Waals surface area contributed by atoms with Crippen LogP contribution < -0.4 is 0 Å². The van der Waals surface area contributed by atoms with Gasteiger partial charge in [-0.1, -0.05) is 0 Å². The van der Waals surface area contributed by atoms with Crippen molar-refractivity contribution >= 4 is 27.5 Å². The maximum Gasteiger partial charge on any atom is 0.264 e. The highest BCUT2D eigenvalue weighted by Gasteiger charge is 2.22. The van der Waals surface area contributed by atoms with Gasteiger partial charge in [-0.3, -0.25) is 9.48 Å². The number of likely N-dealkylation sites (tertiary alicyclic amines) is 1. The van der Waals surface area contributed by atoms with Crippen LogP contribution in [0, 0.1) is 6.92 Å². The summed E-state index contributed by atoms with van der Waals surface area (Å²) in [5.74, 6) is 0.183. The molecule has 90 valence electrons. The largest absolute Gasteiger partial charge is 0.338 e. The number of thiophene rings is 1. The van der Waals surface area contributed by atoms with Crippen molar-refractivity contribution in [1.82, 2.24) is 14.7 Å². The van der Waals surface area contributed by atoms with Gasteiger partial charge in [0.05, 0.1) is 10.6 Å². The van der Waals surface area contributed by atoms with E-state index in [0.29, 0.717) is 0 Å². The SMILES string of the molecule is Cc1nn(C)c2sc(C(=O)N3CCCC3)cc12. The summed E-state index contributed by atoms with van der Waals surface area (Å²) in [4.78, 5) is 16.1. The third kappa shape index (κ3) is 1.65. The minimum Gasteiger partial charge on any atom is -0.338 e. The van der Waals surface area contributed by atoms with E-state index in [0.717, 1.165) is 46.7 Å². The molecule has 0 aliphatic carbocycles. The number of fused-ring (bicyclic) bond motifs is 1. The molecule has 2 aromatic rings. The minimum atomic E-state index is 0.183. The molecule has 0 spiro atoms. The van der Waals surface area contributed by atoms with E-state index in [-0.39, 0.29) is 5.91 Å². The van der Waals surface area contributed by atoms with Crippen molar-refractivity contribution in [2.24, 2.45) is 7.05 Å². The number of hydrogen-bond donors (Lipinski definition) is 0. The van der Waals surface area contributed by atoms with Gasteiger partial charge in [-0.15, -0.1) is 11.3 Å². The fourth-order valence-electron chi connectivity index (χ4n) is 2.39. The Morgan fingerprint density at radius 2 is 2.12 bits per heavy atom. The molecule has 1 aliphatic heterocycles. The van der Waals surface area contributed by atoms with Gasteiger partial charge in [-0.25, -0.2) is 0 Å². The van der Waals surface area contributed by atoms with Crippen LogP contribution in [0.5, 0.6) is 0 Å². The Morgan fingerprint density at radius 1 is 1.41 bits per heavy atom. The Morgan fingerprint density at radius 3 is 2.76 bits per heavy atom. The maximum absolute atomic E-state index is 12.2. The summed E-state index contributed by atoms with van der Waals surface area (Å²) in [6.07, 6.45) is 2.27. The van der Waals surface area contributed by atoms with Crippen molar-refractivity contribution < 1.29 is 4.79 Å². The zero-order valence-electron chi connectivity index (χ0n) is 10.1. The standard InChI is InChI=1S/C12H15N3OS/c1-8-9-7-10(17-12(9)14(2)13-8)11(16)15-5-3-4-6-15/h7H,3-6H2,1-2H3. The van der Waals surface area contributed by atoms with E-state index >= 15 is 0 Å². The first-order valence-electron chi connectivity index (χ1n) is 5.89. The Bertz CT molecular complexity index is 543. The molecule has 0 bridgehead atoms. The second kappa shape index (κ2) is 3.84. The van der Waals surface area contributed by atoms with Crippen molar-refractivity contribution in [2.45, 2.75) is 19.8 Å². The summed E-state index contributed by atoms with van der Waals surface area (Å²) in [6.45, 7) is 3.80. The van der Waals surface area contributed by atoms with Crippen LogP contribution >= 0.6 is 11.3 Å². The molecular formula is C12H15N3OS. The maximum atomic E-state index is 12.2. The van der Waals surface area contributed by atoms with E-state index in [9.17, 15) is 4.79 Å². The van der Waals surface area contributed by atoms with Crippen LogP contribution in [0.3, 0.4) is 0 Å². The van der Waals surface area contributed by atoms with Crippen molar-refractivity contribution in [1.29, 1.82) is 0 Å². The summed E-state index contributed by atoms with van der Waals surface area (Å²) >= 11 is 1.55. The first-order chi connectivity index (χ1) is 8.16. The highest BCUT2D eigenvalue weighted by Crippen LogP contribution is 2.29. The molecule has 0 radical (unpaired) electrons. The fourth-order valence-corrected chi connectivity index (χ4v) is 3.48. The van der Waals surface area contributed by atoms with Crippen LogP contribution in [0.2, 0.25) is 0 Å². The lowest BCUT2D eigenvalue weighted by atomic mass is 10.3. The number of aromatic nitrogens is 2. The first kappa shape index (κ1) is 10.8. The monoisotopic (exact) mass is 249 g/mol. The van der Waals surface area contributed by atoms with Gasteiger partial charge in [-0.05, 0) is 25.8 Å². The lowest BCUT2D eigenvalue weighted by molar-refractivity contribution is 0.0797. The number of hydrogen-bond acceptors (Lipinski definition) is 3. The van der Waals surface area contributed by atoms with E-state index in [4.69, 9.17) is 0 Å². The minimum absolute atomic E-state index is 0.183. The van der Waals surface area contributed by atoms with Gasteiger partial charge in [0.2, 0.25) is 0 Å². The molecule has 3 heterocycles. The van der Waals surface area contributed by atoms with E-state index in [1.807, 2.05) is 29.6 Å². The van der Waals surface area contributed by atoms with Gasteiger partial charge < -0.3 is 4.90 Å². The molecule has 5 heteroatoms. The number of rotatable bonds is 1. The van der Waals surface area contributed by atoms with Crippen LogP contribution in [0.15, 0.2) is 6.07 Å². The van der Waals surface area contributed by atoms with Gasteiger partial charge in [0.25, 0.3) is 5.91 Å². The first-order valence-corrected chi connectivity index (χ1v) is 6.71. The topological polar surface area (TPSA) is 38.1 Å². The average molecular weight is 249 g/mol. The molecule has 0 N–H and O–H groups in total. The number of nitrogens with zero attached hydrogens (tertiary/aromatic N) is 3. The van der Waals surface area contributed by atoms with Gasteiger partial charge in [0.1, 0.15) is 4.83 Å². The molecule has 1 saturated heterocycles. The fraction of sp³-hybridized carbons (Fsp3) is 0.500. The zero-order valence-corrected chi connectivity index (χ0v) is 10.9. The quantitative estimate of drug-likeness (QED) is 0.777. The summed E-state index contributed by atoms with van der Waals surface area (Å²) < 4.78 is 1.86. The smallest absolute Gasteiger partial charge is 0.264 e. The lowest BCUT2D eigenvalue weighted by Gasteiger charge is -2.13. The molecule has 1 amide bonds. The van der Waals surface area contributed by atoms with Crippen molar-refractivity contribution in [2.75, 3.05) is 13.1 Å². The normalized spacial score (nSPS) is 16.0. The molecule has 0 saturated carbocycles. The Balaban J connectivity index is 2.00. The van der Waals surface area contributed by atoms with Crippen LogP contribution in [0.4, 0.5) is 0 Å². The Labute approximate surface area is 104 Å². The van der Waals surface area contributed by atoms with Crippen molar-refractivity contribution in [3.8, 4) is 0 Å². The molecule has 17 heavy (non-hydrogen) atoms. The second-order valence-corrected chi connectivity index (χ2v) is 5.57. The lowest BCUT2D eigenvalue weighted by Crippen LogP contribution is -2.26. The van der Waals surface area contributed by atoms with E-state index in [2.05, 4.69) is 5.10 Å². The number of aryl methyl sites for hydroxylation is 2. The third-order valence-electron chi connectivity index (χ3n) is 3.30. The number of carbonyl (C=O) groups is 1. The van der Waals surface area contributed by atoms with Crippen LogP contribution in [-0.2, 0) is 7.05 Å². The Kier molecular flexibility index (Phi) is 2.43. The Hall–Kier alpha value is -1.36. The molecule has 2 aromatic heterocycles. The summed E-state index contributed by atoms with van der Waals surface area (Å²) in [5, 5.41) is 5.46. The van der Waals surface area contributed by atoms with E-state index < -0.39 is 0 Å². The highest BCUT2D eigenvalue weighted by molar-refractivity contribution is 7.20. The molecule has 0 atom stereocenters. The van der Waals surface area contributed by atoms with Crippen molar-refractivity contribution in [3.05, 3.63) is 16.6 Å². The van der Waals surface area contributed by atoms with Gasteiger partial charge >= 0.3 is 0 Å². The average Bonchev–Trinajstić information content (AvgIpc) is 3.00.